The number of rotatable bonds is 4. The molecule has 9 heteroatoms. The number of imidazole rings is 1. The number of esters is 1. The summed E-state index contributed by atoms with van der Waals surface area (Å²) >= 11 is 0. The van der Waals surface area contributed by atoms with Crippen molar-refractivity contribution < 1.29 is 9.53 Å². The quantitative estimate of drug-likeness (QED) is 0.788. The lowest BCUT2D eigenvalue weighted by molar-refractivity contribution is -0.143. The van der Waals surface area contributed by atoms with Gasteiger partial charge in [-0.1, -0.05) is 0 Å². The second-order valence-electron chi connectivity index (χ2n) is 5.84. The third-order valence-corrected chi connectivity index (χ3v) is 4.22. The molecule has 0 aliphatic carbocycles. The van der Waals surface area contributed by atoms with Gasteiger partial charge >= 0.3 is 11.7 Å². The van der Waals surface area contributed by atoms with E-state index in [1.54, 1.807) is 18.5 Å². The monoisotopic (exact) mass is 335 g/mol. The van der Waals surface area contributed by atoms with Crippen molar-refractivity contribution in [2.75, 3.05) is 24.6 Å². The Morgan fingerprint density at radius 2 is 1.96 bits per heavy atom. The lowest BCUT2D eigenvalue weighted by atomic mass is 10.1. The van der Waals surface area contributed by atoms with E-state index < -0.39 is 17.2 Å². The van der Waals surface area contributed by atoms with Crippen LogP contribution in [0.4, 0.5) is 5.95 Å². The van der Waals surface area contributed by atoms with E-state index in [9.17, 15) is 14.4 Å². The van der Waals surface area contributed by atoms with Gasteiger partial charge in [0.15, 0.2) is 11.2 Å². The summed E-state index contributed by atoms with van der Waals surface area (Å²) in [6.07, 6.45) is 3.20. The molecular weight excluding hydrogens is 314 g/mol. The number of hydrogen-bond donors (Lipinski definition) is 1. The van der Waals surface area contributed by atoms with Crippen LogP contribution in [0.3, 0.4) is 0 Å². The molecule has 2 aromatic heterocycles. The standard InChI is InChI=1S/C15H21N5O4/c1-3-24-10(21)9-20-11-12(18(2)15(23)17-13(11)22)16-14(20)19-7-5-4-6-8-19/h3-9H2,1-2H3,(H,17,22,23). The van der Waals surface area contributed by atoms with Crippen LogP contribution in [-0.2, 0) is 23.1 Å². The molecule has 0 spiro atoms. The molecule has 0 bridgehead atoms. The van der Waals surface area contributed by atoms with E-state index in [1.807, 2.05) is 4.90 Å². The molecule has 0 saturated carbocycles. The first-order valence-electron chi connectivity index (χ1n) is 8.13. The van der Waals surface area contributed by atoms with Crippen molar-refractivity contribution in [3.63, 3.8) is 0 Å². The van der Waals surface area contributed by atoms with Gasteiger partial charge in [-0.3, -0.25) is 23.7 Å². The van der Waals surface area contributed by atoms with Crippen molar-refractivity contribution in [1.29, 1.82) is 0 Å². The second kappa shape index (κ2) is 6.50. The molecular formula is C15H21N5O4. The number of H-pyrrole nitrogens is 1. The Kier molecular flexibility index (Phi) is 4.41. The van der Waals surface area contributed by atoms with Crippen molar-refractivity contribution >= 4 is 23.1 Å². The van der Waals surface area contributed by atoms with Gasteiger partial charge in [0.05, 0.1) is 6.61 Å². The van der Waals surface area contributed by atoms with Crippen molar-refractivity contribution in [3.8, 4) is 0 Å². The Balaban J connectivity index is 2.19. The summed E-state index contributed by atoms with van der Waals surface area (Å²) in [5, 5.41) is 0. The number of nitrogens with one attached hydrogen (secondary N) is 1. The number of aromatic nitrogens is 4. The fourth-order valence-electron chi connectivity index (χ4n) is 3.04. The number of anilines is 1. The van der Waals surface area contributed by atoms with Gasteiger partial charge in [-0.25, -0.2) is 4.79 Å². The first kappa shape index (κ1) is 16.3. The number of carbonyl (C=O) groups excluding carboxylic acids is 1. The number of ether oxygens (including phenoxy) is 1. The molecule has 0 amide bonds. The highest BCUT2D eigenvalue weighted by atomic mass is 16.5. The molecule has 1 aliphatic rings. The van der Waals surface area contributed by atoms with Crippen LogP contribution in [0, 0.1) is 0 Å². The van der Waals surface area contributed by atoms with E-state index in [0.29, 0.717) is 5.95 Å². The van der Waals surface area contributed by atoms with E-state index >= 15 is 0 Å². The zero-order valence-corrected chi connectivity index (χ0v) is 13.9. The van der Waals surface area contributed by atoms with Crippen LogP contribution >= 0.6 is 0 Å². The first-order valence-corrected chi connectivity index (χ1v) is 8.13. The van der Waals surface area contributed by atoms with E-state index in [2.05, 4.69) is 9.97 Å². The molecule has 24 heavy (non-hydrogen) atoms. The zero-order chi connectivity index (χ0) is 17.3. The van der Waals surface area contributed by atoms with Gasteiger partial charge < -0.3 is 9.64 Å². The summed E-state index contributed by atoms with van der Waals surface area (Å²) < 4.78 is 7.85. The second-order valence-corrected chi connectivity index (χ2v) is 5.84. The van der Waals surface area contributed by atoms with Crippen molar-refractivity contribution in [1.82, 2.24) is 19.1 Å². The highest BCUT2D eigenvalue weighted by Crippen LogP contribution is 2.22. The van der Waals surface area contributed by atoms with Gasteiger partial charge in [-0.2, -0.15) is 4.98 Å². The van der Waals surface area contributed by atoms with Crippen molar-refractivity contribution in [2.45, 2.75) is 32.7 Å². The Hall–Kier alpha value is -2.58. The molecule has 0 aromatic carbocycles. The zero-order valence-electron chi connectivity index (χ0n) is 13.9. The van der Waals surface area contributed by atoms with Crippen LogP contribution in [0.15, 0.2) is 9.59 Å². The Morgan fingerprint density at radius 3 is 2.62 bits per heavy atom. The van der Waals surface area contributed by atoms with Crippen LogP contribution in [0.25, 0.3) is 11.2 Å². The van der Waals surface area contributed by atoms with Gasteiger partial charge in [0.2, 0.25) is 5.95 Å². The summed E-state index contributed by atoms with van der Waals surface area (Å²) in [4.78, 5) is 44.9. The molecule has 130 valence electrons. The Labute approximate surface area is 137 Å². The minimum Gasteiger partial charge on any atom is -0.465 e. The number of piperidine rings is 1. The maximum atomic E-state index is 12.3. The molecule has 1 N–H and O–H groups in total. The summed E-state index contributed by atoms with van der Waals surface area (Å²) in [7, 11) is 1.54. The lowest BCUT2D eigenvalue weighted by Crippen LogP contribution is -2.33. The number of nitrogens with zero attached hydrogens (tertiary/aromatic N) is 4. The van der Waals surface area contributed by atoms with Gasteiger partial charge in [0, 0.05) is 20.1 Å². The summed E-state index contributed by atoms with van der Waals surface area (Å²) in [6.45, 7) is 3.48. The minimum atomic E-state index is -0.548. The van der Waals surface area contributed by atoms with Crippen LogP contribution in [-0.4, -0.2) is 44.8 Å². The van der Waals surface area contributed by atoms with Crippen LogP contribution < -0.4 is 16.1 Å². The fourth-order valence-corrected chi connectivity index (χ4v) is 3.04. The molecule has 1 saturated heterocycles. The number of carbonyl (C=O) groups is 1. The summed E-state index contributed by atoms with van der Waals surface area (Å²) in [5.41, 5.74) is -0.592. The molecule has 1 aliphatic heterocycles. The topological polar surface area (TPSA) is 102 Å². The molecule has 9 nitrogen and oxygen atoms in total. The Bertz CT molecular complexity index is 872. The maximum Gasteiger partial charge on any atom is 0.329 e. The van der Waals surface area contributed by atoms with Crippen molar-refractivity contribution in [3.05, 3.63) is 20.8 Å². The molecule has 0 unspecified atom stereocenters. The average Bonchev–Trinajstić information content (AvgIpc) is 2.93. The molecule has 0 atom stereocenters. The number of aryl methyl sites for hydroxylation is 1. The smallest absolute Gasteiger partial charge is 0.329 e. The predicted molar refractivity (Wildman–Crippen MR) is 88.3 cm³/mol. The third kappa shape index (κ3) is 2.81. The molecule has 3 heterocycles. The van der Waals surface area contributed by atoms with Gasteiger partial charge in [-0.05, 0) is 26.2 Å². The predicted octanol–water partition coefficient (Wildman–Crippen LogP) is -0.0233. The van der Waals surface area contributed by atoms with Crippen LogP contribution in [0.5, 0.6) is 0 Å². The summed E-state index contributed by atoms with van der Waals surface area (Å²) in [5.74, 6) is 0.0905. The first-order chi connectivity index (χ1) is 11.5. The molecule has 2 aromatic rings. The average molecular weight is 335 g/mol. The normalized spacial score (nSPS) is 15.0. The Morgan fingerprint density at radius 1 is 1.25 bits per heavy atom. The molecule has 0 radical (unpaired) electrons. The van der Waals surface area contributed by atoms with E-state index in [1.165, 1.54) is 4.57 Å². The van der Waals surface area contributed by atoms with Crippen LogP contribution in [0.1, 0.15) is 26.2 Å². The largest absolute Gasteiger partial charge is 0.465 e. The number of fused-ring (bicyclic) bond motifs is 1. The van der Waals surface area contributed by atoms with E-state index in [-0.39, 0.29) is 24.3 Å². The number of aromatic amines is 1. The molecule has 3 rings (SSSR count). The number of hydrogen-bond acceptors (Lipinski definition) is 6. The fraction of sp³-hybridized carbons (Fsp3) is 0.600. The van der Waals surface area contributed by atoms with E-state index in [4.69, 9.17) is 4.74 Å². The van der Waals surface area contributed by atoms with Crippen molar-refractivity contribution in [2.24, 2.45) is 7.05 Å². The third-order valence-electron chi connectivity index (χ3n) is 4.22. The van der Waals surface area contributed by atoms with Gasteiger partial charge in [0.25, 0.3) is 5.56 Å². The van der Waals surface area contributed by atoms with Gasteiger partial charge in [-0.15, -0.1) is 0 Å². The summed E-state index contributed by atoms with van der Waals surface area (Å²) in [6, 6.07) is 0. The van der Waals surface area contributed by atoms with E-state index in [0.717, 1.165) is 32.4 Å². The lowest BCUT2D eigenvalue weighted by Gasteiger charge is -2.27. The SMILES string of the molecule is CCOC(=O)Cn1c(N2CCCCC2)nc2c1c(=O)[nH]c(=O)n2C. The van der Waals surface area contributed by atoms with Gasteiger partial charge in [0.1, 0.15) is 6.54 Å². The minimum absolute atomic E-state index is 0.114. The molecule has 1 fully saturated rings. The van der Waals surface area contributed by atoms with Crippen LogP contribution in [0.2, 0.25) is 0 Å². The maximum absolute atomic E-state index is 12.3. The highest BCUT2D eigenvalue weighted by Gasteiger charge is 2.24. The highest BCUT2D eigenvalue weighted by molar-refractivity contribution is 5.78.